The maximum Gasteiger partial charge on any atom is 0.261 e. The molecule has 1 unspecified atom stereocenters. The number of anilines is 1. The molecule has 5 aromatic rings. The number of hydrogen-bond donors (Lipinski definition) is 2. The van der Waals surface area contributed by atoms with E-state index in [0.29, 0.717) is 34.1 Å². The second-order valence-electron chi connectivity index (χ2n) is 8.30. The van der Waals surface area contributed by atoms with Crippen LogP contribution in [0.2, 0.25) is 0 Å². The number of nitriles is 1. The van der Waals surface area contributed by atoms with Crippen molar-refractivity contribution >= 4 is 26.7 Å². The van der Waals surface area contributed by atoms with E-state index >= 15 is 0 Å². The van der Waals surface area contributed by atoms with Gasteiger partial charge in [0.1, 0.15) is 12.0 Å². The smallest absolute Gasteiger partial charge is 0.261 e. The normalized spacial score (nSPS) is 13.4. The summed E-state index contributed by atoms with van der Waals surface area (Å²) in [4.78, 5) is 11.7. The van der Waals surface area contributed by atoms with Crippen LogP contribution in [-0.4, -0.2) is 39.9 Å². The van der Waals surface area contributed by atoms with E-state index in [-0.39, 0.29) is 18.1 Å². The quantitative estimate of drug-likeness (QED) is 0.333. The van der Waals surface area contributed by atoms with E-state index in [2.05, 4.69) is 30.8 Å². The summed E-state index contributed by atoms with van der Waals surface area (Å²) in [6, 6.07) is 14.8. The summed E-state index contributed by atoms with van der Waals surface area (Å²) in [5.74, 6) is 1.03. The minimum Gasteiger partial charge on any atom is -0.454 e. The lowest BCUT2D eigenvalue weighted by Gasteiger charge is -2.16. The lowest BCUT2D eigenvalue weighted by molar-refractivity contribution is 0.174. The number of hydrogen-bond acceptors (Lipinski definition) is 8. The van der Waals surface area contributed by atoms with Crippen molar-refractivity contribution in [3.8, 4) is 28.8 Å². The third-order valence-electron chi connectivity index (χ3n) is 6.01. The van der Waals surface area contributed by atoms with E-state index in [1.165, 1.54) is 12.4 Å². The van der Waals surface area contributed by atoms with Crippen LogP contribution >= 0.6 is 0 Å². The molecule has 0 fully saturated rings. The second kappa shape index (κ2) is 8.96. The van der Waals surface area contributed by atoms with Crippen LogP contribution in [0.4, 0.5) is 5.69 Å². The fourth-order valence-electron chi connectivity index (χ4n) is 4.25. The average Bonchev–Trinajstić information content (AvgIpc) is 3.67. The van der Waals surface area contributed by atoms with Crippen molar-refractivity contribution in [2.75, 3.05) is 11.5 Å². The average molecular weight is 514 g/mol. The van der Waals surface area contributed by atoms with Gasteiger partial charge in [-0.2, -0.15) is 10.4 Å². The van der Waals surface area contributed by atoms with Gasteiger partial charge < -0.3 is 14.5 Å². The van der Waals surface area contributed by atoms with Crippen molar-refractivity contribution in [1.29, 1.82) is 5.26 Å². The largest absolute Gasteiger partial charge is 0.454 e. The maximum absolute atomic E-state index is 13.2. The Kier molecular flexibility index (Phi) is 5.46. The van der Waals surface area contributed by atoms with E-state index in [4.69, 9.17) is 9.47 Å². The first-order valence-corrected chi connectivity index (χ1v) is 12.7. The number of benzene rings is 2. The zero-order chi connectivity index (χ0) is 25.4. The van der Waals surface area contributed by atoms with Gasteiger partial charge in [-0.3, -0.25) is 9.40 Å². The molecule has 37 heavy (non-hydrogen) atoms. The number of rotatable bonds is 7. The number of sulfonamides is 1. The van der Waals surface area contributed by atoms with Crippen LogP contribution in [-0.2, 0) is 10.0 Å². The lowest BCUT2D eigenvalue weighted by Crippen LogP contribution is -2.15. The van der Waals surface area contributed by atoms with Crippen molar-refractivity contribution < 1.29 is 17.9 Å². The van der Waals surface area contributed by atoms with Crippen molar-refractivity contribution in [2.24, 2.45) is 0 Å². The highest BCUT2D eigenvalue weighted by atomic mass is 32.2. The van der Waals surface area contributed by atoms with Crippen LogP contribution in [0.25, 0.3) is 22.3 Å². The molecule has 1 atom stereocenters. The monoisotopic (exact) mass is 513 g/mol. The maximum atomic E-state index is 13.2. The molecule has 184 valence electrons. The predicted octanol–water partition coefficient (Wildman–Crippen LogP) is 3.85. The number of H-pyrrole nitrogens is 1. The number of ether oxygens (including phenoxy) is 2. The molecule has 0 saturated heterocycles. The standard InChI is InChI=1S/C25H19N7O4S/c26-8-6-21(32-13-17(12-30-32)24-20-7-9-27-25(20)29-14-28-24)16-2-1-3-19(10-16)37(33,34)31-18-4-5-22-23(11-18)36-15-35-22/h1-5,7,9-14,21,31H,6,15H2,(H,27,28,29). The van der Waals surface area contributed by atoms with Crippen LogP contribution in [0.1, 0.15) is 18.0 Å². The third-order valence-corrected chi connectivity index (χ3v) is 7.39. The molecule has 0 bridgehead atoms. The van der Waals surface area contributed by atoms with Gasteiger partial charge in [-0.15, -0.1) is 0 Å². The van der Waals surface area contributed by atoms with Crippen molar-refractivity contribution in [2.45, 2.75) is 17.4 Å². The Balaban J connectivity index is 1.31. The molecule has 1 aliphatic rings. The van der Waals surface area contributed by atoms with Gasteiger partial charge in [0.15, 0.2) is 11.5 Å². The van der Waals surface area contributed by atoms with Crippen LogP contribution in [0.5, 0.6) is 11.5 Å². The zero-order valence-electron chi connectivity index (χ0n) is 19.2. The molecule has 3 aromatic heterocycles. The molecule has 0 spiro atoms. The summed E-state index contributed by atoms with van der Waals surface area (Å²) < 4.78 is 41.2. The van der Waals surface area contributed by atoms with E-state index in [0.717, 1.165) is 10.9 Å². The Morgan fingerprint density at radius 2 is 2.03 bits per heavy atom. The Morgan fingerprint density at radius 1 is 1.14 bits per heavy atom. The molecular formula is C25H19N7O4S. The number of aromatic amines is 1. The summed E-state index contributed by atoms with van der Waals surface area (Å²) in [6.07, 6.45) is 6.81. The number of aromatic nitrogens is 5. The van der Waals surface area contributed by atoms with Crippen molar-refractivity contribution in [3.05, 3.63) is 79.0 Å². The summed E-state index contributed by atoms with van der Waals surface area (Å²) >= 11 is 0. The molecule has 2 N–H and O–H groups in total. The highest BCUT2D eigenvalue weighted by Gasteiger charge is 2.22. The predicted molar refractivity (Wildman–Crippen MR) is 133 cm³/mol. The summed E-state index contributed by atoms with van der Waals surface area (Å²) in [5.41, 5.74) is 3.14. The van der Waals surface area contributed by atoms with Gasteiger partial charge in [-0.1, -0.05) is 12.1 Å². The molecule has 4 heterocycles. The molecule has 0 amide bonds. The molecule has 11 nitrogen and oxygen atoms in total. The second-order valence-corrected chi connectivity index (χ2v) is 9.98. The molecule has 2 aromatic carbocycles. The Hall–Kier alpha value is -4.89. The van der Waals surface area contributed by atoms with Gasteiger partial charge in [0.05, 0.1) is 41.0 Å². The molecule has 0 radical (unpaired) electrons. The highest BCUT2D eigenvalue weighted by Crippen LogP contribution is 2.35. The van der Waals surface area contributed by atoms with Crippen LogP contribution < -0.4 is 14.2 Å². The van der Waals surface area contributed by atoms with E-state index < -0.39 is 16.1 Å². The minimum atomic E-state index is -3.92. The Bertz CT molecular complexity index is 1770. The van der Waals surface area contributed by atoms with E-state index in [1.807, 2.05) is 6.07 Å². The zero-order valence-corrected chi connectivity index (χ0v) is 20.0. The van der Waals surface area contributed by atoms with Gasteiger partial charge in [0.25, 0.3) is 10.0 Å². The molecule has 1 aliphatic heterocycles. The van der Waals surface area contributed by atoms with Crippen molar-refractivity contribution in [1.82, 2.24) is 24.7 Å². The van der Waals surface area contributed by atoms with Crippen LogP contribution in [0.3, 0.4) is 0 Å². The molecular weight excluding hydrogens is 494 g/mol. The highest BCUT2D eigenvalue weighted by molar-refractivity contribution is 7.92. The first-order chi connectivity index (χ1) is 18.0. The first-order valence-electron chi connectivity index (χ1n) is 11.2. The Labute approximate surface area is 211 Å². The molecule has 0 saturated carbocycles. The van der Waals surface area contributed by atoms with Gasteiger partial charge in [-0.05, 0) is 35.9 Å². The van der Waals surface area contributed by atoms with Gasteiger partial charge in [0.2, 0.25) is 6.79 Å². The lowest BCUT2D eigenvalue weighted by atomic mass is 10.0. The summed E-state index contributed by atoms with van der Waals surface area (Å²) in [5, 5.41) is 14.9. The van der Waals surface area contributed by atoms with Crippen LogP contribution in [0.15, 0.2) is 78.3 Å². The number of fused-ring (bicyclic) bond motifs is 2. The minimum absolute atomic E-state index is 0.0582. The summed E-state index contributed by atoms with van der Waals surface area (Å²) in [7, 11) is -3.92. The first kappa shape index (κ1) is 22.6. The third kappa shape index (κ3) is 4.21. The number of nitrogens with zero attached hydrogens (tertiary/aromatic N) is 5. The molecule has 0 aliphatic carbocycles. The Morgan fingerprint density at radius 3 is 2.92 bits per heavy atom. The van der Waals surface area contributed by atoms with Gasteiger partial charge >= 0.3 is 0 Å². The van der Waals surface area contributed by atoms with Crippen LogP contribution in [0, 0.1) is 11.3 Å². The molecule has 6 rings (SSSR count). The fourth-order valence-corrected chi connectivity index (χ4v) is 5.35. The SMILES string of the molecule is N#CCC(c1cccc(S(=O)(=O)Nc2ccc3c(c2)OCO3)c1)n1cc(-c2ncnc3[nH]ccc23)cn1. The molecule has 12 heteroatoms. The fraction of sp³-hybridized carbons (Fsp3) is 0.120. The van der Waals surface area contributed by atoms with Gasteiger partial charge in [-0.25, -0.2) is 18.4 Å². The van der Waals surface area contributed by atoms with Gasteiger partial charge in [0, 0.05) is 29.4 Å². The van der Waals surface area contributed by atoms with E-state index in [1.54, 1.807) is 59.7 Å². The van der Waals surface area contributed by atoms with E-state index in [9.17, 15) is 13.7 Å². The number of nitrogens with one attached hydrogen (secondary N) is 2. The summed E-state index contributed by atoms with van der Waals surface area (Å²) in [6.45, 7) is 0.0935. The van der Waals surface area contributed by atoms with Crippen molar-refractivity contribution in [3.63, 3.8) is 0 Å². The topological polar surface area (TPSA) is 148 Å².